The van der Waals surface area contributed by atoms with Gasteiger partial charge in [0.1, 0.15) is 5.75 Å². The molecule has 0 unspecified atom stereocenters. The van der Waals surface area contributed by atoms with Gasteiger partial charge in [0.2, 0.25) is 0 Å². The highest BCUT2D eigenvalue weighted by atomic mass is 16.6. The first-order chi connectivity index (χ1) is 6.56. The number of benzene rings is 1. The van der Waals surface area contributed by atoms with Crippen LogP contribution in [0.5, 0.6) is 5.75 Å². The zero-order valence-electron chi connectivity index (χ0n) is 7.34. The van der Waals surface area contributed by atoms with Crippen molar-refractivity contribution >= 4 is 11.9 Å². The number of nitro groups is 1. The Balaban J connectivity index is 3.35. The second-order valence-electron chi connectivity index (χ2n) is 2.70. The molecule has 0 aliphatic rings. The van der Waals surface area contributed by atoms with Crippen LogP contribution in [0.15, 0.2) is 17.3 Å². The third-order valence-corrected chi connectivity index (χ3v) is 1.72. The molecule has 0 fully saturated rings. The Morgan fingerprint density at radius 3 is 2.71 bits per heavy atom. The van der Waals surface area contributed by atoms with E-state index in [-0.39, 0.29) is 17.0 Å². The Bertz CT molecular complexity index is 401. The molecule has 0 aromatic heterocycles. The number of aryl methyl sites for hydroxylation is 1. The van der Waals surface area contributed by atoms with Gasteiger partial charge in [-0.2, -0.15) is 0 Å². The number of hydrogen-bond acceptors (Lipinski definition) is 5. The summed E-state index contributed by atoms with van der Waals surface area (Å²) in [6.07, 6.45) is 0.940. The summed E-state index contributed by atoms with van der Waals surface area (Å²) in [6.45, 7) is 1.52. The van der Waals surface area contributed by atoms with Crippen LogP contribution in [0.4, 0.5) is 5.69 Å². The van der Waals surface area contributed by atoms with Crippen molar-refractivity contribution in [2.45, 2.75) is 6.92 Å². The van der Waals surface area contributed by atoms with E-state index in [1.807, 2.05) is 0 Å². The number of nitro benzene ring substituents is 1. The lowest BCUT2D eigenvalue weighted by atomic mass is 10.1. The maximum absolute atomic E-state index is 10.4. The first kappa shape index (κ1) is 9.97. The van der Waals surface area contributed by atoms with Crippen LogP contribution in [-0.2, 0) is 0 Å². The monoisotopic (exact) mass is 196 g/mol. The van der Waals surface area contributed by atoms with Gasteiger partial charge >= 0.3 is 0 Å². The fourth-order valence-electron chi connectivity index (χ4n) is 1.05. The summed E-state index contributed by atoms with van der Waals surface area (Å²) >= 11 is 0. The van der Waals surface area contributed by atoms with Crippen LogP contribution < -0.4 is 0 Å². The smallest absolute Gasteiger partial charge is 0.270 e. The number of oxime groups is 1. The minimum Gasteiger partial charge on any atom is -0.507 e. The van der Waals surface area contributed by atoms with E-state index in [1.54, 1.807) is 0 Å². The summed E-state index contributed by atoms with van der Waals surface area (Å²) < 4.78 is 0. The second-order valence-corrected chi connectivity index (χ2v) is 2.70. The highest BCUT2D eigenvalue weighted by Gasteiger charge is 2.12. The van der Waals surface area contributed by atoms with Gasteiger partial charge in [0, 0.05) is 17.7 Å². The molecule has 0 spiro atoms. The average Bonchev–Trinajstić information content (AvgIpc) is 2.12. The molecule has 0 saturated heterocycles. The summed E-state index contributed by atoms with van der Waals surface area (Å²) in [4.78, 5) is 9.86. The number of aromatic hydroxyl groups is 1. The number of hydrogen-bond donors (Lipinski definition) is 2. The molecule has 0 atom stereocenters. The van der Waals surface area contributed by atoms with Crippen molar-refractivity contribution in [1.82, 2.24) is 0 Å². The number of non-ortho nitro benzene ring substituents is 1. The minimum absolute atomic E-state index is 0.110. The van der Waals surface area contributed by atoms with E-state index in [0.29, 0.717) is 5.56 Å². The maximum atomic E-state index is 10.4. The molecule has 0 amide bonds. The van der Waals surface area contributed by atoms with Crippen LogP contribution in [0.2, 0.25) is 0 Å². The van der Waals surface area contributed by atoms with Crippen LogP contribution >= 0.6 is 0 Å². The van der Waals surface area contributed by atoms with Crippen molar-refractivity contribution in [1.29, 1.82) is 0 Å². The van der Waals surface area contributed by atoms with Gasteiger partial charge in [-0.1, -0.05) is 5.16 Å². The molecule has 1 aromatic carbocycles. The molecule has 0 saturated carbocycles. The van der Waals surface area contributed by atoms with Crippen molar-refractivity contribution in [2.75, 3.05) is 0 Å². The van der Waals surface area contributed by atoms with E-state index in [9.17, 15) is 15.2 Å². The largest absolute Gasteiger partial charge is 0.507 e. The molecule has 0 heterocycles. The van der Waals surface area contributed by atoms with Gasteiger partial charge < -0.3 is 10.3 Å². The van der Waals surface area contributed by atoms with E-state index in [2.05, 4.69) is 5.16 Å². The third kappa shape index (κ3) is 1.79. The zero-order chi connectivity index (χ0) is 10.7. The third-order valence-electron chi connectivity index (χ3n) is 1.72. The predicted molar refractivity (Wildman–Crippen MR) is 48.9 cm³/mol. The van der Waals surface area contributed by atoms with Crippen LogP contribution in [0, 0.1) is 17.0 Å². The van der Waals surface area contributed by atoms with E-state index in [4.69, 9.17) is 5.21 Å². The molecular formula is C8H8N2O4. The highest BCUT2D eigenvalue weighted by molar-refractivity contribution is 5.84. The van der Waals surface area contributed by atoms with Gasteiger partial charge in [0.25, 0.3) is 5.69 Å². The lowest BCUT2D eigenvalue weighted by Gasteiger charge is -2.01. The summed E-state index contributed by atoms with van der Waals surface area (Å²) in [5.74, 6) is -0.131. The number of nitrogens with zero attached hydrogens (tertiary/aromatic N) is 2. The van der Waals surface area contributed by atoms with Crippen LogP contribution in [0.1, 0.15) is 11.1 Å². The van der Waals surface area contributed by atoms with Gasteiger partial charge in [-0.25, -0.2) is 0 Å². The van der Waals surface area contributed by atoms with Gasteiger partial charge in [-0.05, 0) is 12.5 Å². The maximum Gasteiger partial charge on any atom is 0.270 e. The Kier molecular flexibility index (Phi) is 2.66. The molecule has 1 aromatic rings. The normalized spacial score (nSPS) is 10.6. The predicted octanol–water partition coefficient (Wildman–Crippen LogP) is 1.42. The topological polar surface area (TPSA) is 96.0 Å². The summed E-state index contributed by atoms with van der Waals surface area (Å²) in [7, 11) is 0. The quantitative estimate of drug-likeness (QED) is 0.323. The zero-order valence-corrected chi connectivity index (χ0v) is 7.34. The SMILES string of the molecule is Cc1cc([N+](=O)[O-])cc(/C=N/O)c1O. The fourth-order valence-corrected chi connectivity index (χ4v) is 1.05. The molecule has 6 nitrogen and oxygen atoms in total. The molecule has 14 heavy (non-hydrogen) atoms. The van der Waals surface area contributed by atoms with Crippen molar-refractivity contribution in [3.8, 4) is 5.75 Å². The average molecular weight is 196 g/mol. The lowest BCUT2D eigenvalue weighted by molar-refractivity contribution is -0.384. The van der Waals surface area contributed by atoms with Gasteiger partial charge in [0.05, 0.1) is 11.1 Å². The van der Waals surface area contributed by atoms with Crippen LogP contribution in [-0.4, -0.2) is 21.5 Å². The standard InChI is InChI=1S/C8H8N2O4/c1-5-2-7(10(13)14)3-6(4-9-12)8(5)11/h2-4,11-12H,1H3/b9-4+. The Morgan fingerprint density at radius 1 is 1.57 bits per heavy atom. The number of phenolic OH excluding ortho intramolecular Hbond substituents is 1. The molecule has 2 N–H and O–H groups in total. The van der Waals surface area contributed by atoms with Crippen molar-refractivity contribution in [2.24, 2.45) is 5.16 Å². The second kappa shape index (κ2) is 3.73. The van der Waals surface area contributed by atoms with E-state index < -0.39 is 4.92 Å². The molecule has 6 heteroatoms. The number of phenols is 1. The Morgan fingerprint density at radius 2 is 2.21 bits per heavy atom. The van der Waals surface area contributed by atoms with Crippen molar-refractivity contribution < 1.29 is 15.2 Å². The molecule has 0 aliphatic heterocycles. The minimum atomic E-state index is -0.582. The van der Waals surface area contributed by atoms with Gasteiger partial charge in [-0.15, -0.1) is 0 Å². The Labute approximate surface area is 79.3 Å². The van der Waals surface area contributed by atoms with E-state index in [0.717, 1.165) is 12.3 Å². The first-order valence-electron chi connectivity index (χ1n) is 3.71. The lowest BCUT2D eigenvalue weighted by Crippen LogP contribution is -1.93. The van der Waals surface area contributed by atoms with Crippen molar-refractivity contribution in [3.63, 3.8) is 0 Å². The van der Waals surface area contributed by atoms with Crippen LogP contribution in [0.25, 0.3) is 0 Å². The van der Waals surface area contributed by atoms with Gasteiger partial charge in [0.15, 0.2) is 0 Å². The van der Waals surface area contributed by atoms with Crippen LogP contribution in [0.3, 0.4) is 0 Å². The van der Waals surface area contributed by atoms with E-state index >= 15 is 0 Å². The molecule has 0 radical (unpaired) electrons. The van der Waals surface area contributed by atoms with Gasteiger partial charge in [-0.3, -0.25) is 10.1 Å². The molecule has 1 rings (SSSR count). The Hall–Kier alpha value is -2.11. The molecule has 74 valence electrons. The first-order valence-corrected chi connectivity index (χ1v) is 3.71. The molecular weight excluding hydrogens is 188 g/mol. The molecule has 0 aliphatic carbocycles. The van der Waals surface area contributed by atoms with Crippen molar-refractivity contribution in [3.05, 3.63) is 33.4 Å². The number of rotatable bonds is 2. The molecule has 0 bridgehead atoms. The summed E-state index contributed by atoms with van der Waals surface area (Å²) in [6, 6.07) is 2.37. The summed E-state index contributed by atoms with van der Waals surface area (Å²) in [5.41, 5.74) is 0.309. The summed E-state index contributed by atoms with van der Waals surface area (Å²) in [5, 5.41) is 30.8. The highest BCUT2D eigenvalue weighted by Crippen LogP contribution is 2.26. The van der Waals surface area contributed by atoms with E-state index in [1.165, 1.54) is 13.0 Å². The fraction of sp³-hybridized carbons (Fsp3) is 0.125.